The van der Waals surface area contributed by atoms with Gasteiger partial charge in [0, 0.05) is 0 Å². The standard InChI is InChI=1S/Na.8H2O/h;8*1H2/q+1;;;;;;;;/p-1. The van der Waals surface area contributed by atoms with Gasteiger partial charge in [-0.1, -0.05) is 0 Å². The molecule has 0 aromatic rings. The van der Waals surface area contributed by atoms with E-state index in [1.165, 1.54) is 0 Å². The van der Waals surface area contributed by atoms with Crippen molar-refractivity contribution in [3.63, 3.8) is 0 Å². The maximum Gasteiger partial charge on any atom is 1.00 e. The molecule has 0 rings (SSSR count). The Hall–Kier alpha value is 0.680. The molecule has 0 aromatic carbocycles. The van der Waals surface area contributed by atoms with Gasteiger partial charge >= 0.3 is 29.6 Å². The van der Waals surface area contributed by atoms with Gasteiger partial charge in [-0.05, 0) is 0 Å². The second-order valence-corrected chi connectivity index (χ2v) is 0. The van der Waals surface area contributed by atoms with Crippen molar-refractivity contribution in [1.82, 2.24) is 0 Å². The Morgan fingerprint density at radius 2 is 0.333 bits per heavy atom. The summed E-state index contributed by atoms with van der Waals surface area (Å²) >= 11 is 0. The zero-order valence-electron chi connectivity index (χ0n) is 4.95. The van der Waals surface area contributed by atoms with E-state index in [0.29, 0.717) is 0 Å². The fourth-order valence-electron chi connectivity index (χ4n) is 0. The maximum absolute atomic E-state index is 0. The maximum atomic E-state index is 0. The summed E-state index contributed by atoms with van der Waals surface area (Å²) in [5, 5.41) is 0. The summed E-state index contributed by atoms with van der Waals surface area (Å²) in [5.74, 6) is 0. The Morgan fingerprint density at radius 3 is 0.333 bits per heavy atom. The van der Waals surface area contributed by atoms with Crippen LogP contribution in [0.25, 0.3) is 0 Å². The average molecular weight is 166 g/mol. The number of hydrogen-bond acceptors (Lipinski definition) is 1. The summed E-state index contributed by atoms with van der Waals surface area (Å²) in [4.78, 5) is 0. The van der Waals surface area contributed by atoms with Crippen LogP contribution in [0.5, 0.6) is 0 Å². The molecule has 15 N–H and O–H groups in total. The van der Waals surface area contributed by atoms with Crippen LogP contribution in [0.15, 0.2) is 0 Å². The Kier molecular flexibility index (Phi) is 194000. The Morgan fingerprint density at radius 1 is 0.333 bits per heavy atom. The van der Waals surface area contributed by atoms with Gasteiger partial charge in [0.2, 0.25) is 0 Å². The Bertz CT molecular complexity index is 4.53. The van der Waals surface area contributed by atoms with Gasteiger partial charge in [0.05, 0.1) is 0 Å². The van der Waals surface area contributed by atoms with Gasteiger partial charge in [0.15, 0.2) is 0 Å². The van der Waals surface area contributed by atoms with Crippen LogP contribution in [0.2, 0.25) is 0 Å². The fourth-order valence-corrected chi connectivity index (χ4v) is 0. The largest absolute Gasteiger partial charge is 1.00 e. The first-order valence-electron chi connectivity index (χ1n) is 0. The molecule has 0 fully saturated rings. The van der Waals surface area contributed by atoms with Crippen LogP contribution < -0.4 is 29.6 Å². The molecule has 0 aliphatic rings. The molecule has 9 heteroatoms. The van der Waals surface area contributed by atoms with E-state index in [2.05, 4.69) is 0 Å². The molecule has 0 atom stereocenters. The van der Waals surface area contributed by atoms with Crippen LogP contribution in [0.4, 0.5) is 0 Å². The predicted molar refractivity (Wildman–Crippen MR) is 27.2 cm³/mol. The summed E-state index contributed by atoms with van der Waals surface area (Å²) < 4.78 is 0. The third kappa shape index (κ3) is 838. The molecule has 0 saturated carbocycles. The van der Waals surface area contributed by atoms with Crippen LogP contribution in [0.3, 0.4) is 0 Å². The second kappa shape index (κ2) is 1110. The Balaban J connectivity index is 0. The first-order chi connectivity index (χ1) is 0. The zero-order chi connectivity index (χ0) is 0. The summed E-state index contributed by atoms with van der Waals surface area (Å²) in [6, 6.07) is 0. The minimum absolute atomic E-state index is 0. The number of hydrogen-bond donors (Lipinski definition) is 0. The van der Waals surface area contributed by atoms with Gasteiger partial charge < -0.3 is 43.8 Å². The van der Waals surface area contributed by atoms with E-state index in [0.717, 1.165) is 0 Å². The molecule has 0 bridgehead atoms. The van der Waals surface area contributed by atoms with Crippen molar-refractivity contribution in [2.45, 2.75) is 0 Å². The summed E-state index contributed by atoms with van der Waals surface area (Å²) in [7, 11) is 0. The molecular weight excluding hydrogens is 151 g/mol. The van der Waals surface area contributed by atoms with Gasteiger partial charge in [-0.15, -0.1) is 0 Å². The van der Waals surface area contributed by atoms with E-state index in [9.17, 15) is 0 Å². The summed E-state index contributed by atoms with van der Waals surface area (Å²) in [6.45, 7) is 0. The van der Waals surface area contributed by atoms with E-state index in [4.69, 9.17) is 0 Å². The van der Waals surface area contributed by atoms with E-state index in [-0.39, 0.29) is 73.4 Å². The predicted octanol–water partition coefficient (Wildman–Crippen LogP) is -8.95. The SMILES string of the molecule is O.O.O.O.O.O.O.[Na+].[OH-]. The average Bonchev–Trinajstić information content (AvgIpc) is 0. The van der Waals surface area contributed by atoms with Crippen molar-refractivity contribution in [1.29, 1.82) is 0 Å². The third-order valence-corrected chi connectivity index (χ3v) is 0. The molecule has 64 valence electrons. The van der Waals surface area contributed by atoms with Crippen molar-refractivity contribution in [2.24, 2.45) is 0 Å². The van der Waals surface area contributed by atoms with Crippen LogP contribution in [0.1, 0.15) is 0 Å². The van der Waals surface area contributed by atoms with Crippen molar-refractivity contribution in [3.05, 3.63) is 0 Å². The quantitative estimate of drug-likeness (QED) is 0.312. The molecule has 0 heterocycles. The van der Waals surface area contributed by atoms with Gasteiger partial charge in [-0.3, -0.25) is 0 Å². The van der Waals surface area contributed by atoms with Crippen LogP contribution in [-0.2, 0) is 0 Å². The number of rotatable bonds is 0. The van der Waals surface area contributed by atoms with Gasteiger partial charge in [-0.25, -0.2) is 0 Å². The van der Waals surface area contributed by atoms with Gasteiger partial charge in [0.25, 0.3) is 0 Å². The topological polar surface area (TPSA) is 250 Å². The van der Waals surface area contributed by atoms with Crippen LogP contribution in [-0.4, -0.2) is 43.8 Å². The van der Waals surface area contributed by atoms with Crippen molar-refractivity contribution in [3.8, 4) is 0 Å². The summed E-state index contributed by atoms with van der Waals surface area (Å²) in [6.07, 6.45) is 0. The normalized spacial score (nSPS) is 0. The molecular formula is H15NaO8. The van der Waals surface area contributed by atoms with Crippen molar-refractivity contribution < 1.29 is 73.4 Å². The second-order valence-electron chi connectivity index (χ2n) is 0. The van der Waals surface area contributed by atoms with Crippen LogP contribution in [0, 0.1) is 0 Å². The molecule has 0 aliphatic carbocycles. The first kappa shape index (κ1) is 1580. The molecule has 0 amide bonds. The van der Waals surface area contributed by atoms with E-state index < -0.39 is 0 Å². The molecule has 8 nitrogen and oxygen atoms in total. The van der Waals surface area contributed by atoms with Crippen molar-refractivity contribution in [2.75, 3.05) is 0 Å². The molecule has 9 heavy (non-hydrogen) atoms. The smallest absolute Gasteiger partial charge is 0.870 e. The van der Waals surface area contributed by atoms with E-state index in [1.807, 2.05) is 0 Å². The minimum atomic E-state index is 0. The molecule has 0 saturated heterocycles. The van der Waals surface area contributed by atoms with Gasteiger partial charge in [-0.2, -0.15) is 0 Å². The monoisotopic (exact) mass is 166 g/mol. The Labute approximate surface area is 73.6 Å². The molecule has 0 aromatic heterocycles. The molecule has 0 spiro atoms. The molecule has 0 aliphatic heterocycles. The minimum Gasteiger partial charge on any atom is -0.870 e. The summed E-state index contributed by atoms with van der Waals surface area (Å²) in [5.41, 5.74) is 0. The van der Waals surface area contributed by atoms with Gasteiger partial charge in [0.1, 0.15) is 0 Å². The van der Waals surface area contributed by atoms with Crippen LogP contribution >= 0.6 is 0 Å². The zero-order valence-corrected chi connectivity index (χ0v) is 6.95. The fraction of sp³-hybridized carbons (Fsp3) is 0. The first-order valence-corrected chi connectivity index (χ1v) is 0. The van der Waals surface area contributed by atoms with Crippen molar-refractivity contribution >= 4 is 0 Å². The molecule has 0 radical (unpaired) electrons. The molecule has 0 unspecified atom stereocenters. The third-order valence-electron chi connectivity index (χ3n) is 0. The van der Waals surface area contributed by atoms with E-state index in [1.54, 1.807) is 0 Å². The van der Waals surface area contributed by atoms with E-state index >= 15 is 0 Å².